The van der Waals surface area contributed by atoms with Gasteiger partial charge in [0.05, 0.1) is 5.56 Å². The van der Waals surface area contributed by atoms with E-state index in [4.69, 9.17) is 10.8 Å². The molecule has 0 aliphatic heterocycles. The highest BCUT2D eigenvalue weighted by Gasteiger charge is 2.19. The molecule has 22 heavy (non-hydrogen) atoms. The fourth-order valence-corrected chi connectivity index (χ4v) is 1.99. The number of benzene rings is 2. The second-order valence-corrected chi connectivity index (χ2v) is 4.77. The Labute approximate surface area is 125 Å². The molecule has 0 saturated heterocycles. The van der Waals surface area contributed by atoms with E-state index < -0.39 is 35.0 Å². The number of carbonyl (C=O) groups excluding carboxylic acids is 1. The van der Waals surface area contributed by atoms with Gasteiger partial charge in [-0.2, -0.15) is 0 Å². The van der Waals surface area contributed by atoms with Crippen LogP contribution in [0, 0.1) is 11.6 Å². The van der Waals surface area contributed by atoms with Crippen molar-refractivity contribution in [2.75, 3.05) is 0 Å². The van der Waals surface area contributed by atoms with Gasteiger partial charge in [-0.05, 0) is 24.1 Å². The molecule has 2 aromatic rings. The molecule has 0 amide bonds. The Hall–Kier alpha value is -2.60. The van der Waals surface area contributed by atoms with E-state index in [9.17, 15) is 18.4 Å². The summed E-state index contributed by atoms with van der Waals surface area (Å²) in [4.78, 5) is 22.8. The van der Waals surface area contributed by atoms with Gasteiger partial charge in [-0.15, -0.1) is 0 Å². The largest absolute Gasteiger partial charge is 0.480 e. The molecule has 4 nitrogen and oxygen atoms in total. The van der Waals surface area contributed by atoms with Gasteiger partial charge < -0.3 is 10.8 Å². The van der Waals surface area contributed by atoms with Crippen molar-refractivity contribution >= 4 is 11.8 Å². The summed E-state index contributed by atoms with van der Waals surface area (Å²) in [7, 11) is 0. The van der Waals surface area contributed by atoms with Crippen molar-refractivity contribution in [1.82, 2.24) is 0 Å². The minimum absolute atomic E-state index is 0.0951. The molecule has 114 valence electrons. The summed E-state index contributed by atoms with van der Waals surface area (Å²) in [6, 6.07) is 7.94. The molecule has 0 bridgehead atoms. The standard InChI is InChI=1S/C16H13F2NO3/c17-11-2-1-3-12(18)14(11)15(20)10-6-4-9(5-7-10)8-13(19)16(21)22/h1-7,13H,8,19H2,(H,21,22)/t13-/m0/s1. The monoisotopic (exact) mass is 305 g/mol. The van der Waals surface area contributed by atoms with Crippen LogP contribution in [0.25, 0.3) is 0 Å². The molecule has 0 aliphatic rings. The van der Waals surface area contributed by atoms with Crippen LogP contribution in [0.15, 0.2) is 42.5 Å². The maximum atomic E-state index is 13.6. The van der Waals surface area contributed by atoms with Gasteiger partial charge in [0.15, 0.2) is 5.78 Å². The van der Waals surface area contributed by atoms with Crippen LogP contribution in [0.3, 0.4) is 0 Å². The van der Waals surface area contributed by atoms with E-state index in [0.29, 0.717) is 5.56 Å². The smallest absolute Gasteiger partial charge is 0.320 e. The molecule has 2 aromatic carbocycles. The van der Waals surface area contributed by atoms with E-state index in [1.165, 1.54) is 30.3 Å². The van der Waals surface area contributed by atoms with Crippen molar-refractivity contribution in [3.05, 3.63) is 70.8 Å². The van der Waals surface area contributed by atoms with Crippen molar-refractivity contribution in [3.8, 4) is 0 Å². The Kier molecular flexibility index (Phi) is 4.62. The second kappa shape index (κ2) is 6.44. The van der Waals surface area contributed by atoms with E-state index >= 15 is 0 Å². The Morgan fingerprint density at radius 3 is 2.09 bits per heavy atom. The number of rotatable bonds is 5. The van der Waals surface area contributed by atoms with Crippen molar-refractivity contribution in [2.24, 2.45) is 5.73 Å². The summed E-state index contributed by atoms with van der Waals surface area (Å²) in [5.74, 6) is -3.76. The summed E-state index contributed by atoms with van der Waals surface area (Å²) in [5.41, 5.74) is 5.52. The highest BCUT2D eigenvalue weighted by Crippen LogP contribution is 2.18. The van der Waals surface area contributed by atoms with E-state index in [1.807, 2.05) is 0 Å². The molecule has 0 spiro atoms. The van der Waals surface area contributed by atoms with Gasteiger partial charge in [0, 0.05) is 5.56 Å². The van der Waals surface area contributed by atoms with Crippen LogP contribution in [0.5, 0.6) is 0 Å². The SMILES string of the molecule is N[C@@H](Cc1ccc(C(=O)c2c(F)cccc2F)cc1)C(=O)O. The number of carboxylic acids is 1. The first kappa shape index (κ1) is 15.8. The maximum absolute atomic E-state index is 13.6. The number of nitrogens with two attached hydrogens (primary N) is 1. The molecule has 6 heteroatoms. The molecule has 2 rings (SSSR count). The summed E-state index contributed by atoms with van der Waals surface area (Å²) < 4.78 is 27.2. The number of ketones is 1. The van der Waals surface area contributed by atoms with Gasteiger partial charge in [-0.3, -0.25) is 9.59 Å². The van der Waals surface area contributed by atoms with E-state index in [2.05, 4.69) is 0 Å². The van der Waals surface area contributed by atoms with Crippen LogP contribution in [0.2, 0.25) is 0 Å². The number of hydrogen-bond acceptors (Lipinski definition) is 3. The van der Waals surface area contributed by atoms with E-state index in [1.54, 1.807) is 0 Å². The molecule has 0 aromatic heterocycles. The van der Waals surface area contributed by atoms with Crippen LogP contribution in [-0.4, -0.2) is 22.9 Å². The molecule has 0 aliphatic carbocycles. The lowest BCUT2D eigenvalue weighted by Gasteiger charge is -2.08. The highest BCUT2D eigenvalue weighted by atomic mass is 19.1. The van der Waals surface area contributed by atoms with Crippen LogP contribution in [0.4, 0.5) is 8.78 Å². The van der Waals surface area contributed by atoms with E-state index in [-0.39, 0.29) is 12.0 Å². The zero-order valence-electron chi connectivity index (χ0n) is 11.4. The average molecular weight is 305 g/mol. The Bertz CT molecular complexity index is 694. The van der Waals surface area contributed by atoms with Gasteiger partial charge in [0.25, 0.3) is 0 Å². The molecule has 0 fully saturated rings. The van der Waals surface area contributed by atoms with Crippen molar-refractivity contribution in [3.63, 3.8) is 0 Å². The lowest BCUT2D eigenvalue weighted by molar-refractivity contribution is -0.138. The average Bonchev–Trinajstić information content (AvgIpc) is 2.47. The van der Waals surface area contributed by atoms with E-state index in [0.717, 1.165) is 12.1 Å². The number of carbonyl (C=O) groups is 2. The summed E-state index contributed by atoms with van der Waals surface area (Å²) in [6.07, 6.45) is 0.0951. The zero-order chi connectivity index (χ0) is 16.3. The molecule has 3 N–H and O–H groups in total. The molecule has 0 heterocycles. The van der Waals surface area contributed by atoms with Crippen molar-refractivity contribution in [2.45, 2.75) is 12.5 Å². The summed E-state index contributed by atoms with van der Waals surface area (Å²) in [5, 5.41) is 8.73. The third-order valence-corrected chi connectivity index (χ3v) is 3.18. The predicted molar refractivity (Wildman–Crippen MR) is 75.5 cm³/mol. The minimum Gasteiger partial charge on any atom is -0.480 e. The van der Waals surface area contributed by atoms with Crippen LogP contribution in [-0.2, 0) is 11.2 Å². The quantitative estimate of drug-likeness (QED) is 0.829. The number of hydrogen-bond donors (Lipinski definition) is 2. The molecule has 0 radical (unpaired) electrons. The van der Waals surface area contributed by atoms with Crippen molar-refractivity contribution in [1.29, 1.82) is 0 Å². The topological polar surface area (TPSA) is 80.4 Å². The fraction of sp³-hybridized carbons (Fsp3) is 0.125. The molecular formula is C16H13F2NO3. The summed E-state index contributed by atoms with van der Waals surface area (Å²) in [6.45, 7) is 0. The van der Waals surface area contributed by atoms with Crippen molar-refractivity contribution < 1.29 is 23.5 Å². The third-order valence-electron chi connectivity index (χ3n) is 3.18. The fourth-order valence-electron chi connectivity index (χ4n) is 1.99. The van der Waals surface area contributed by atoms with Gasteiger partial charge in [0.1, 0.15) is 17.7 Å². The number of aliphatic carboxylic acids is 1. The maximum Gasteiger partial charge on any atom is 0.320 e. The Morgan fingerprint density at radius 2 is 1.59 bits per heavy atom. The van der Waals surface area contributed by atoms with Gasteiger partial charge in [-0.1, -0.05) is 30.3 Å². The van der Waals surface area contributed by atoms with Crippen LogP contribution >= 0.6 is 0 Å². The van der Waals surface area contributed by atoms with Gasteiger partial charge in [-0.25, -0.2) is 8.78 Å². The Balaban J connectivity index is 2.24. The summed E-state index contributed by atoms with van der Waals surface area (Å²) >= 11 is 0. The lowest BCUT2D eigenvalue weighted by atomic mass is 9.99. The Morgan fingerprint density at radius 1 is 1.05 bits per heavy atom. The molecule has 0 unspecified atom stereocenters. The zero-order valence-corrected chi connectivity index (χ0v) is 11.4. The predicted octanol–water partition coefficient (Wildman–Crippen LogP) is 2.15. The first-order chi connectivity index (χ1) is 10.4. The van der Waals surface area contributed by atoms with Crippen LogP contribution in [0.1, 0.15) is 21.5 Å². The number of halogens is 2. The normalized spacial score (nSPS) is 12.0. The minimum atomic E-state index is -1.13. The first-order valence-corrected chi connectivity index (χ1v) is 6.46. The van der Waals surface area contributed by atoms with Gasteiger partial charge >= 0.3 is 5.97 Å². The molecule has 0 saturated carbocycles. The van der Waals surface area contributed by atoms with Crippen LogP contribution < -0.4 is 5.73 Å². The lowest BCUT2D eigenvalue weighted by Crippen LogP contribution is -2.32. The third kappa shape index (κ3) is 3.35. The molecular weight excluding hydrogens is 292 g/mol. The number of carboxylic acid groups (broad SMARTS) is 1. The highest BCUT2D eigenvalue weighted by molar-refractivity contribution is 6.09. The second-order valence-electron chi connectivity index (χ2n) is 4.77. The first-order valence-electron chi connectivity index (χ1n) is 6.46. The van der Waals surface area contributed by atoms with Gasteiger partial charge in [0.2, 0.25) is 0 Å². The molecule has 1 atom stereocenters.